The molecule has 1 fully saturated rings. The lowest BCUT2D eigenvalue weighted by Crippen LogP contribution is -2.31. The third kappa shape index (κ3) is 3.14. The lowest BCUT2D eigenvalue weighted by atomic mass is 10.1. The van der Waals surface area contributed by atoms with Crippen LogP contribution in [0.5, 0.6) is 0 Å². The molecule has 0 aromatic heterocycles. The van der Waals surface area contributed by atoms with Gasteiger partial charge in [0.25, 0.3) is 0 Å². The van der Waals surface area contributed by atoms with E-state index in [2.05, 4.69) is 27.9 Å². The molecule has 1 aliphatic carbocycles. The standard InChI is InChI=1S/C15H20BrNO/c1-17(13-6-4-2-3-5-7-13)15-9-8-12(11-18)10-14(15)16/h8-11,13H,2-7H2,1H3. The molecule has 98 valence electrons. The van der Waals surface area contributed by atoms with Crippen LogP contribution in [0.4, 0.5) is 5.69 Å². The van der Waals surface area contributed by atoms with Gasteiger partial charge in [0, 0.05) is 23.1 Å². The van der Waals surface area contributed by atoms with Crippen LogP contribution >= 0.6 is 15.9 Å². The van der Waals surface area contributed by atoms with Gasteiger partial charge in [0.05, 0.1) is 5.69 Å². The Morgan fingerprint density at radius 2 is 1.89 bits per heavy atom. The van der Waals surface area contributed by atoms with E-state index in [9.17, 15) is 4.79 Å². The molecule has 3 heteroatoms. The SMILES string of the molecule is CN(c1ccc(C=O)cc1Br)C1CCCCCC1. The smallest absolute Gasteiger partial charge is 0.150 e. The normalized spacial score (nSPS) is 17.2. The Kier molecular flexibility index (Phi) is 4.81. The lowest BCUT2D eigenvalue weighted by Gasteiger charge is -2.30. The minimum atomic E-state index is 0.630. The largest absolute Gasteiger partial charge is 0.371 e. The van der Waals surface area contributed by atoms with Crippen LogP contribution < -0.4 is 4.90 Å². The number of carbonyl (C=O) groups is 1. The molecule has 0 radical (unpaired) electrons. The number of carbonyl (C=O) groups excluding carboxylic acids is 1. The molecule has 1 aromatic carbocycles. The van der Waals surface area contributed by atoms with Gasteiger partial charge in [0.1, 0.15) is 6.29 Å². The number of hydrogen-bond acceptors (Lipinski definition) is 2. The molecule has 1 aliphatic rings. The topological polar surface area (TPSA) is 20.3 Å². The zero-order chi connectivity index (χ0) is 13.0. The van der Waals surface area contributed by atoms with E-state index in [0.717, 1.165) is 16.3 Å². The molecule has 0 bridgehead atoms. The molecule has 0 atom stereocenters. The molecule has 18 heavy (non-hydrogen) atoms. The minimum Gasteiger partial charge on any atom is -0.371 e. The Bertz CT molecular complexity index is 411. The van der Waals surface area contributed by atoms with Crippen molar-refractivity contribution in [3.8, 4) is 0 Å². The van der Waals surface area contributed by atoms with E-state index in [0.29, 0.717) is 6.04 Å². The molecule has 2 rings (SSSR count). The number of halogens is 1. The van der Waals surface area contributed by atoms with Crippen molar-refractivity contribution in [3.63, 3.8) is 0 Å². The Hall–Kier alpha value is -0.830. The summed E-state index contributed by atoms with van der Waals surface area (Å²) in [6, 6.07) is 6.46. The zero-order valence-corrected chi connectivity index (χ0v) is 12.4. The number of anilines is 1. The van der Waals surface area contributed by atoms with Crippen molar-refractivity contribution in [1.29, 1.82) is 0 Å². The second-order valence-corrected chi connectivity index (χ2v) is 5.94. The van der Waals surface area contributed by atoms with Crippen LogP contribution in [-0.2, 0) is 0 Å². The number of rotatable bonds is 3. The van der Waals surface area contributed by atoms with Crippen molar-refractivity contribution in [2.45, 2.75) is 44.6 Å². The highest BCUT2D eigenvalue weighted by atomic mass is 79.9. The maximum Gasteiger partial charge on any atom is 0.150 e. The lowest BCUT2D eigenvalue weighted by molar-refractivity contribution is 0.112. The fraction of sp³-hybridized carbons (Fsp3) is 0.533. The second kappa shape index (κ2) is 6.37. The molecule has 1 aromatic rings. The average Bonchev–Trinajstić information content (AvgIpc) is 2.66. The molecule has 0 amide bonds. The summed E-state index contributed by atoms with van der Waals surface area (Å²) in [6.07, 6.45) is 8.85. The maximum absolute atomic E-state index is 10.8. The highest BCUT2D eigenvalue weighted by molar-refractivity contribution is 9.10. The zero-order valence-electron chi connectivity index (χ0n) is 10.9. The summed E-state index contributed by atoms with van der Waals surface area (Å²) in [7, 11) is 2.16. The summed E-state index contributed by atoms with van der Waals surface area (Å²) in [5, 5.41) is 0. The summed E-state index contributed by atoms with van der Waals surface area (Å²) in [5.41, 5.74) is 1.91. The number of benzene rings is 1. The molecule has 0 aliphatic heterocycles. The fourth-order valence-electron chi connectivity index (χ4n) is 2.72. The molecule has 0 spiro atoms. The van der Waals surface area contributed by atoms with Gasteiger partial charge in [0.15, 0.2) is 0 Å². The van der Waals surface area contributed by atoms with Crippen molar-refractivity contribution < 1.29 is 4.79 Å². The van der Waals surface area contributed by atoms with Gasteiger partial charge in [-0.05, 0) is 47.0 Å². The van der Waals surface area contributed by atoms with Crippen molar-refractivity contribution in [1.82, 2.24) is 0 Å². The molecular weight excluding hydrogens is 290 g/mol. The summed E-state index contributed by atoms with van der Waals surface area (Å²) in [4.78, 5) is 13.1. The third-order valence-electron chi connectivity index (χ3n) is 3.86. The fourth-order valence-corrected chi connectivity index (χ4v) is 3.40. The van der Waals surface area contributed by atoms with Gasteiger partial charge in [-0.15, -0.1) is 0 Å². The number of hydrogen-bond donors (Lipinski definition) is 0. The van der Waals surface area contributed by atoms with Crippen LogP contribution in [0, 0.1) is 0 Å². The Morgan fingerprint density at radius 1 is 1.22 bits per heavy atom. The van der Waals surface area contributed by atoms with Gasteiger partial charge in [-0.25, -0.2) is 0 Å². The predicted molar refractivity (Wildman–Crippen MR) is 79.4 cm³/mol. The minimum absolute atomic E-state index is 0.630. The third-order valence-corrected chi connectivity index (χ3v) is 4.50. The van der Waals surface area contributed by atoms with E-state index < -0.39 is 0 Å². The Morgan fingerprint density at radius 3 is 2.44 bits per heavy atom. The van der Waals surface area contributed by atoms with Crippen molar-refractivity contribution in [2.75, 3.05) is 11.9 Å². The first-order valence-electron chi connectivity index (χ1n) is 6.70. The first-order chi connectivity index (χ1) is 8.72. The highest BCUT2D eigenvalue weighted by Gasteiger charge is 2.18. The summed E-state index contributed by atoms with van der Waals surface area (Å²) in [5.74, 6) is 0. The molecule has 0 N–H and O–H groups in total. The molecule has 0 saturated heterocycles. The second-order valence-electron chi connectivity index (χ2n) is 5.08. The summed E-state index contributed by atoms with van der Waals surface area (Å²) >= 11 is 3.57. The monoisotopic (exact) mass is 309 g/mol. The Balaban J connectivity index is 2.16. The van der Waals surface area contributed by atoms with Crippen LogP contribution in [0.25, 0.3) is 0 Å². The molecule has 0 heterocycles. The summed E-state index contributed by atoms with van der Waals surface area (Å²) < 4.78 is 1.01. The van der Waals surface area contributed by atoms with Crippen molar-refractivity contribution in [2.24, 2.45) is 0 Å². The Labute approximate surface area is 117 Å². The predicted octanol–water partition coefficient (Wildman–Crippen LogP) is 4.42. The highest BCUT2D eigenvalue weighted by Crippen LogP contribution is 2.31. The first kappa shape index (κ1) is 13.6. The van der Waals surface area contributed by atoms with Crippen molar-refractivity contribution in [3.05, 3.63) is 28.2 Å². The average molecular weight is 310 g/mol. The maximum atomic E-state index is 10.8. The van der Waals surface area contributed by atoms with Gasteiger partial charge in [-0.3, -0.25) is 4.79 Å². The molecule has 0 unspecified atom stereocenters. The van der Waals surface area contributed by atoms with Crippen LogP contribution in [0.2, 0.25) is 0 Å². The summed E-state index contributed by atoms with van der Waals surface area (Å²) in [6.45, 7) is 0. The van der Waals surface area contributed by atoms with E-state index >= 15 is 0 Å². The van der Waals surface area contributed by atoms with Crippen LogP contribution in [0.1, 0.15) is 48.9 Å². The number of aldehydes is 1. The van der Waals surface area contributed by atoms with E-state index in [-0.39, 0.29) is 0 Å². The van der Waals surface area contributed by atoms with Crippen molar-refractivity contribution >= 4 is 27.9 Å². The van der Waals surface area contributed by atoms with Crippen LogP contribution in [-0.4, -0.2) is 19.4 Å². The van der Waals surface area contributed by atoms with Crippen LogP contribution in [0.15, 0.2) is 22.7 Å². The number of nitrogens with zero attached hydrogens (tertiary/aromatic N) is 1. The van der Waals surface area contributed by atoms with Crippen LogP contribution in [0.3, 0.4) is 0 Å². The van der Waals surface area contributed by atoms with Gasteiger partial charge in [0.2, 0.25) is 0 Å². The molecule has 2 nitrogen and oxygen atoms in total. The molecule has 1 saturated carbocycles. The molecular formula is C15H20BrNO. The van der Waals surface area contributed by atoms with E-state index in [4.69, 9.17) is 0 Å². The van der Waals surface area contributed by atoms with Gasteiger partial charge < -0.3 is 4.90 Å². The first-order valence-corrected chi connectivity index (χ1v) is 7.49. The van der Waals surface area contributed by atoms with Gasteiger partial charge in [-0.1, -0.05) is 25.7 Å². The van der Waals surface area contributed by atoms with E-state index in [1.54, 1.807) is 0 Å². The van der Waals surface area contributed by atoms with Gasteiger partial charge >= 0.3 is 0 Å². The van der Waals surface area contributed by atoms with Gasteiger partial charge in [-0.2, -0.15) is 0 Å². The quantitative estimate of drug-likeness (QED) is 0.608. The van der Waals surface area contributed by atoms with E-state index in [1.165, 1.54) is 44.2 Å². The van der Waals surface area contributed by atoms with E-state index in [1.807, 2.05) is 18.2 Å².